The SMILES string of the molecule is CCNC(=NCCCN(C)S(=O)(=O)CC)N1CC(C)CC(C)C1. The Morgan fingerprint density at radius 2 is 1.87 bits per heavy atom. The molecule has 0 bridgehead atoms. The van der Waals surface area contributed by atoms with Crippen LogP contribution in [0.5, 0.6) is 0 Å². The molecule has 2 unspecified atom stereocenters. The number of likely N-dealkylation sites (tertiary alicyclic amines) is 1. The van der Waals surface area contributed by atoms with E-state index in [2.05, 4.69) is 31.0 Å². The molecule has 0 aliphatic carbocycles. The van der Waals surface area contributed by atoms with Crippen molar-refractivity contribution in [3.8, 4) is 0 Å². The van der Waals surface area contributed by atoms with E-state index in [0.29, 0.717) is 24.9 Å². The lowest BCUT2D eigenvalue weighted by Gasteiger charge is -2.37. The predicted molar refractivity (Wildman–Crippen MR) is 97.2 cm³/mol. The zero-order chi connectivity index (χ0) is 17.5. The van der Waals surface area contributed by atoms with Crippen LogP contribution in [0.4, 0.5) is 0 Å². The van der Waals surface area contributed by atoms with Gasteiger partial charge in [0.25, 0.3) is 0 Å². The number of aliphatic imine (C=N–C) groups is 1. The van der Waals surface area contributed by atoms with E-state index < -0.39 is 10.0 Å². The molecule has 0 aromatic heterocycles. The van der Waals surface area contributed by atoms with Gasteiger partial charge in [0.15, 0.2) is 5.96 Å². The number of piperidine rings is 1. The average molecular weight is 347 g/mol. The second-order valence-electron chi connectivity index (χ2n) is 6.66. The van der Waals surface area contributed by atoms with Gasteiger partial charge in [0.2, 0.25) is 10.0 Å². The molecule has 1 aliphatic rings. The number of guanidine groups is 1. The van der Waals surface area contributed by atoms with E-state index in [0.717, 1.165) is 32.0 Å². The molecular weight excluding hydrogens is 312 g/mol. The second kappa shape index (κ2) is 9.47. The molecule has 0 saturated carbocycles. The van der Waals surface area contributed by atoms with E-state index in [1.807, 2.05) is 0 Å². The van der Waals surface area contributed by atoms with Crippen LogP contribution in [0.2, 0.25) is 0 Å². The molecule has 1 fully saturated rings. The van der Waals surface area contributed by atoms with Gasteiger partial charge in [0, 0.05) is 39.8 Å². The largest absolute Gasteiger partial charge is 0.357 e. The molecule has 7 heteroatoms. The van der Waals surface area contributed by atoms with Crippen molar-refractivity contribution in [1.82, 2.24) is 14.5 Å². The fraction of sp³-hybridized carbons (Fsp3) is 0.938. The highest BCUT2D eigenvalue weighted by Crippen LogP contribution is 2.20. The fourth-order valence-corrected chi connectivity index (χ4v) is 3.95. The number of hydrogen-bond donors (Lipinski definition) is 1. The van der Waals surface area contributed by atoms with Gasteiger partial charge in [-0.2, -0.15) is 0 Å². The molecule has 0 aromatic rings. The topological polar surface area (TPSA) is 65.0 Å². The van der Waals surface area contributed by atoms with Crippen molar-refractivity contribution >= 4 is 16.0 Å². The minimum Gasteiger partial charge on any atom is -0.357 e. The van der Waals surface area contributed by atoms with E-state index in [1.54, 1.807) is 14.0 Å². The summed E-state index contributed by atoms with van der Waals surface area (Å²) in [4.78, 5) is 7.04. The molecular formula is C16H34N4O2S. The average Bonchev–Trinajstić information content (AvgIpc) is 2.49. The zero-order valence-electron chi connectivity index (χ0n) is 15.4. The Kier molecular flexibility index (Phi) is 8.33. The van der Waals surface area contributed by atoms with Gasteiger partial charge in [0.05, 0.1) is 5.75 Å². The van der Waals surface area contributed by atoms with Crippen LogP contribution in [0.3, 0.4) is 0 Å². The van der Waals surface area contributed by atoms with Crippen molar-refractivity contribution in [2.24, 2.45) is 16.8 Å². The molecule has 6 nitrogen and oxygen atoms in total. The second-order valence-corrected chi connectivity index (χ2v) is 9.03. The van der Waals surface area contributed by atoms with Gasteiger partial charge in [-0.15, -0.1) is 0 Å². The summed E-state index contributed by atoms with van der Waals surface area (Å²) in [6.45, 7) is 12.4. The maximum Gasteiger partial charge on any atom is 0.213 e. The summed E-state index contributed by atoms with van der Waals surface area (Å²) in [5.74, 6) is 2.48. The summed E-state index contributed by atoms with van der Waals surface area (Å²) in [5.41, 5.74) is 0. The van der Waals surface area contributed by atoms with Crippen LogP contribution in [0.25, 0.3) is 0 Å². The Hall–Kier alpha value is -0.820. The van der Waals surface area contributed by atoms with Gasteiger partial charge in [0.1, 0.15) is 0 Å². The molecule has 0 amide bonds. The summed E-state index contributed by atoms with van der Waals surface area (Å²) in [7, 11) is -1.44. The maximum absolute atomic E-state index is 11.7. The Labute approximate surface area is 142 Å². The lowest BCUT2D eigenvalue weighted by molar-refractivity contribution is 0.208. The smallest absolute Gasteiger partial charge is 0.213 e. The highest BCUT2D eigenvalue weighted by Gasteiger charge is 2.23. The van der Waals surface area contributed by atoms with Crippen LogP contribution in [0.15, 0.2) is 4.99 Å². The minimum atomic E-state index is -3.09. The molecule has 2 atom stereocenters. The monoisotopic (exact) mass is 346 g/mol. The summed E-state index contributed by atoms with van der Waals surface area (Å²) in [5, 5.41) is 3.37. The van der Waals surface area contributed by atoms with Gasteiger partial charge in [-0.1, -0.05) is 13.8 Å². The quantitative estimate of drug-likeness (QED) is 0.432. The summed E-state index contributed by atoms with van der Waals surface area (Å²) in [6.07, 6.45) is 2.01. The van der Waals surface area contributed by atoms with Gasteiger partial charge < -0.3 is 10.2 Å². The van der Waals surface area contributed by atoms with Crippen LogP contribution in [-0.2, 0) is 10.0 Å². The van der Waals surface area contributed by atoms with Crippen LogP contribution < -0.4 is 5.32 Å². The van der Waals surface area contributed by atoms with Crippen molar-refractivity contribution in [3.63, 3.8) is 0 Å². The van der Waals surface area contributed by atoms with Gasteiger partial charge >= 0.3 is 0 Å². The number of sulfonamides is 1. The first-order valence-electron chi connectivity index (χ1n) is 8.77. The fourth-order valence-electron chi connectivity index (χ4n) is 3.10. The summed E-state index contributed by atoms with van der Waals surface area (Å²) >= 11 is 0. The molecule has 0 aromatic carbocycles. The van der Waals surface area contributed by atoms with Crippen molar-refractivity contribution in [1.29, 1.82) is 0 Å². The third kappa shape index (κ3) is 6.67. The Morgan fingerprint density at radius 1 is 1.26 bits per heavy atom. The lowest BCUT2D eigenvalue weighted by Crippen LogP contribution is -2.48. The van der Waals surface area contributed by atoms with E-state index in [1.165, 1.54) is 10.7 Å². The highest BCUT2D eigenvalue weighted by atomic mass is 32.2. The van der Waals surface area contributed by atoms with Crippen molar-refractivity contribution in [2.45, 2.75) is 40.5 Å². The number of hydrogen-bond acceptors (Lipinski definition) is 3. The Balaban J connectivity index is 2.55. The van der Waals surface area contributed by atoms with E-state index in [-0.39, 0.29) is 5.75 Å². The van der Waals surface area contributed by atoms with Crippen molar-refractivity contribution < 1.29 is 8.42 Å². The predicted octanol–water partition coefficient (Wildman–Crippen LogP) is 1.60. The van der Waals surface area contributed by atoms with Crippen LogP contribution >= 0.6 is 0 Å². The third-order valence-electron chi connectivity index (χ3n) is 4.24. The normalized spacial score (nSPS) is 23.4. The highest BCUT2D eigenvalue weighted by molar-refractivity contribution is 7.89. The Bertz CT molecular complexity index is 468. The summed E-state index contributed by atoms with van der Waals surface area (Å²) < 4.78 is 24.9. The first-order chi connectivity index (χ1) is 10.8. The first-order valence-corrected chi connectivity index (χ1v) is 10.4. The lowest BCUT2D eigenvalue weighted by atomic mass is 9.92. The molecule has 0 radical (unpaired) electrons. The number of rotatable bonds is 7. The minimum absolute atomic E-state index is 0.152. The van der Waals surface area contributed by atoms with Gasteiger partial charge in [-0.05, 0) is 38.5 Å². The van der Waals surface area contributed by atoms with E-state index >= 15 is 0 Å². The third-order valence-corrected chi connectivity index (χ3v) is 6.10. The van der Waals surface area contributed by atoms with Crippen molar-refractivity contribution in [2.75, 3.05) is 45.5 Å². The molecule has 1 saturated heterocycles. The van der Waals surface area contributed by atoms with Gasteiger partial charge in [-0.25, -0.2) is 12.7 Å². The molecule has 136 valence electrons. The Morgan fingerprint density at radius 3 is 2.39 bits per heavy atom. The molecule has 1 heterocycles. The maximum atomic E-state index is 11.7. The molecule has 0 spiro atoms. The van der Waals surface area contributed by atoms with Gasteiger partial charge in [-0.3, -0.25) is 4.99 Å². The molecule has 1 N–H and O–H groups in total. The summed E-state index contributed by atoms with van der Waals surface area (Å²) in [6, 6.07) is 0. The standard InChI is InChI=1S/C16H34N4O2S/c1-6-17-16(20-12-14(3)11-15(4)13-20)18-9-8-10-19(5)23(21,22)7-2/h14-15H,6-13H2,1-5H3,(H,17,18). The van der Waals surface area contributed by atoms with E-state index in [9.17, 15) is 8.42 Å². The van der Waals surface area contributed by atoms with Crippen LogP contribution in [-0.4, -0.2) is 69.1 Å². The number of nitrogens with one attached hydrogen (secondary N) is 1. The first kappa shape index (κ1) is 20.2. The van der Waals surface area contributed by atoms with Crippen LogP contribution in [0, 0.1) is 11.8 Å². The number of nitrogens with zero attached hydrogens (tertiary/aromatic N) is 3. The molecule has 23 heavy (non-hydrogen) atoms. The zero-order valence-corrected chi connectivity index (χ0v) is 16.2. The molecule has 1 rings (SSSR count). The van der Waals surface area contributed by atoms with E-state index in [4.69, 9.17) is 4.99 Å². The van der Waals surface area contributed by atoms with Crippen molar-refractivity contribution in [3.05, 3.63) is 0 Å². The van der Waals surface area contributed by atoms with Crippen LogP contribution in [0.1, 0.15) is 40.5 Å². The molecule has 1 aliphatic heterocycles.